The van der Waals surface area contributed by atoms with E-state index in [9.17, 15) is 29.7 Å². The summed E-state index contributed by atoms with van der Waals surface area (Å²) in [6, 6.07) is 0. The van der Waals surface area contributed by atoms with Crippen molar-refractivity contribution in [3.05, 3.63) is 0 Å². The number of carbonyl (C=O) groups excluding carboxylic acids is 1. The highest BCUT2D eigenvalue weighted by molar-refractivity contribution is 5.70. The minimum absolute atomic E-state index is 0.223. The minimum Gasteiger partial charge on any atom is -0.550 e. The Morgan fingerprint density at radius 1 is 0.500 bits per heavy atom. The van der Waals surface area contributed by atoms with Gasteiger partial charge in [0.1, 0.15) is 11.8 Å². The van der Waals surface area contributed by atoms with E-state index in [0.717, 1.165) is 19.3 Å². The Balaban J connectivity index is 4.64. The molecule has 3 unspecified atom stereocenters. The molecule has 7 nitrogen and oxygen atoms in total. The second kappa shape index (κ2) is 25.8. The number of carboxylic acid groups (broad SMARTS) is 3. The van der Waals surface area contributed by atoms with E-state index in [0.29, 0.717) is 25.8 Å². The topological polar surface area (TPSA) is 115 Å². The maximum Gasteiger partial charge on any atom is 0.312 e. The Hall–Kier alpha value is -1.63. The van der Waals surface area contributed by atoms with Crippen LogP contribution in [0.4, 0.5) is 0 Å². The van der Waals surface area contributed by atoms with Gasteiger partial charge in [-0.05, 0) is 32.1 Å². The van der Waals surface area contributed by atoms with Gasteiger partial charge in [0.15, 0.2) is 0 Å². The zero-order valence-corrected chi connectivity index (χ0v) is 27.9. The van der Waals surface area contributed by atoms with Crippen molar-refractivity contribution in [3.8, 4) is 0 Å². The summed E-state index contributed by atoms with van der Waals surface area (Å²) in [6.45, 7) is 9.08. The zero-order chi connectivity index (χ0) is 31.6. The molecule has 0 radical (unpaired) electrons. The number of carboxylic acids is 3. The lowest BCUT2D eigenvalue weighted by molar-refractivity contribution is -0.935. The quantitative estimate of drug-likeness (QED) is 0.0621. The maximum absolute atomic E-state index is 12.0. The zero-order valence-electron chi connectivity index (χ0n) is 27.9. The minimum atomic E-state index is -1.13. The van der Waals surface area contributed by atoms with Gasteiger partial charge in [-0.15, -0.1) is 0 Å². The van der Waals surface area contributed by atoms with E-state index in [-0.39, 0.29) is 24.1 Å². The fourth-order valence-corrected chi connectivity index (χ4v) is 6.38. The number of rotatable bonds is 31. The number of aliphatic carboxylic acids is 3. The molecule has 3 atom stereocenters. The van der Waals surface area contributed by atoms with Crippen LogP contribution in [0.25, 0.3) is 0 Å². The molecule has 7 heteroatoms. The van der Waals surface area contributed by atoms with Crippen molar-refractivity contribution in [1.29, 1.82) is 0 Å². The van der Waals surface area contributed by atoms with E-state index in [1.807, 2.05) is 13.8 Å². The van der Waals surface area contributed by atoms with E-state index < -0.39 is 35.7 Å². The molecule has 0 heterocycles. The van der Waals surface area contributed by atoms with Crippen LogP contribution >= 0.6 is 0 Å². The van der Waals surface area contributed by atoms with Crippen molar-refractivity contribution in [2.75, 3.05) is 26.2 Å². The Kier molecular flexibility index (Phi) is 24.8. The number of hydrogen-bond acceptors (Lipinski definition) is 4. The average molecular weight is 598 g/mol. The first kappa shape index (κ1) is 40.4. The first-order valence-corrected chi connectivity index (χ1v) is 17.7. The maximum atomic E-state index is 12.0. The molecule has 248 valence electrons. The molecular formula is C35H67NO6. The number of carbonyl (C=O) groups is 3. The molecule has 0 fully saturated rings. The van der Waals surface area contributed by atoms with Gasteiger partial charge in [0, 0.05) is 5.92 Å². The van der Waals surface area contributed by atoms with Gasteiger partial charge in [-0.1, -0.05) is 130 Å². The summed E-state index contributed by atoms with van der Waals surface area (Å²) >= 11 is 0. The standard InChI is InChI=1S/C35H67NO6/c1-5-9-10-11-12-13-14-15-16-17-18-19-20-21-22-23-24-25-26-36(27-30(6-2)33(37)38,28-31(7-3)34(39)40)29-32(8-4)35(41)42/h30-32H,5-29H2,1-4H3,(H2-,37,38,39,40,41,42). The molecule has 0 saturated heterocycles. The molecule has 0 aromatic heterocycles. The molecule has 42 heavy (non-hydrogen) atoms. The van der Waals surface area contributed by atoms with Gasteiger partial charge >= 0.3 is 11.9 Å². The monoisotopic (exact) mass is 597 g/mol. The van der Waals surface area contributed by atoms with Crippen LogP contribution in [0.3, 0.4) is 0 Å². The summed E-state index contributed by atoms with van der Waals surface area (Å²) < 4.78 is 0.223. The number of unbranched alkanes of at least 4 members (excludes halogenated alkanes) is 17. The summed E-state index contributed by atoms with van der Waals surface area (Å²) in [7, 11) is 0. The van der Waals surface area contributed by atoms with Gasteiger partial charge in [-0.3, -0.25) is 9.59 Å². The molecule has 0 aromatic rings. The first-order chi connectivity index (χ1) is 20.2. The van der Waals surface area contributed by atoms with Crippen LogP contribution in [0.15, 0.2) is 0 Å². The van der Waals surface area contributed by atoms with Crippen LogP contribution in [-0.2, 0) is 14.4 Å². The molecule has 0 bridgehead atoms. The van der Waals surface area contributed by atoms with E-state index in [1.54, 1.807) is 6.92 Å². The van der Waals surface area contributed by atoms with Crippen molar-refractivity contribution < 1.29 is 34.2 Å². The number of quaternary nitrogens is 1. The van der Waals surface area contributed by atoms with Gasteiger partial charge in [-0.2, -0.15) is 0 Å². The summed E-state index contributed by atoms with van der Waals surface area (Å²) in [6.07, 6.45) is 24.3. The normalized spacial score (nSPS) is 15.1. The SMILES string of the molecule is CCCCCCCCCCCCCCCCCCCC[N+](CC(CC)C(=O)[O-])(CC(CC)C(=O)O)CC(CC)C(=O)O. The Bertz CT molecular complexity index is 637. The highest BCUT2D eigenvalue weighted by atomic mass is 16.4. The Morgan fingerprint density at radius 2 is 0.786 bits per heavy atom. The fourth-order valence-electron chi connectivity index (χ4n) is 6.38. The third-order valence-corrected chi connectivity index (χ3v) is 9.32. The van der Waals surface area contributed by atoms with Crippen molar-refractivity contribution in [2.45, 2.75) is 163 Å². The van der Waals surface area contributed by atoms with Gasteiger partial charge in [-0.25, -0.2) is 0 Å². The van der Waals surface area contributed by atoms with Crippen molar-refractivity contribution in [3.63, 3.8) is 0 Å². The lowest BCUT2D eigenvalue weighted by Gasteiger charge is -2.44. The van der Waals surface area contributed by atoms with E-state index in [2.05, 4.69) is 6.92 Å². The van der Waals surface area contributed by atoms with Crippen LogP contribution < -0.4 is 5.11 Å². The second-order valence-corrected chi connectivity index (χ2v) is 12.9. The third kappa shape index (κ3) is 19.5. The smallest absolute Gasteiger partial charge is 0.312 e. The predicted octanol–water partition coefficient (Wildman–Crippen LogP) is 7.84. The molecule has 0 aromatic carbocycles. The lowest BCUT2D eigenvalue weighted by Crippen LogP contribution is -2.59. The lowest BCUT2D eigenvalue weighted by atomic mass is 9.95. The van der Waals surface area contributed by atoms with Gasteiger partial charge in [0.05, 0.1) is 32.1 Å². The van der Waals surface area contributed by atoms with Crippen LogP contribution in [0.1, 0.15) is 163 Å². The third-order valence-electron chi connectivity index (χ3n) is 9.32. The fraction of sp³-hybridized carbons (Fsp3) is 0.914. The Labute approximate surface area is 258 Å². The van der Waals surface area contributed by atoms with Crippen molar-refractivity contribution in [1.82, 2.24) is 0 Å². The number of nitrogens with zero attached hydrogens (tertiary/aromatic N) is 1. The highest BCUT2D eigenvalue weighted by Gasteiger charge is 2.39. The Morgan fingerprint density at radius 3 is 1.05 bits per heavy atom. The summed E-state index contributed by atoms with van der Waals surface area (Å²) in [4.78, 5) is 35.8. The largest absolute Gasteiger partial charge is 0.550 e. The molecule has 0 aliphatic rings. The van der Waals surface area contributed by atoms with E-state index >= 15 is 0 Å². The predicted molar refractivity (Wildman–Crippen MR) is 170 cm³/mol. The van der Waals surface area contributed by atoms with Crippen LogP contribution in [-0.4, -0.2) is 58.8 Å². The van der Waals surface area contributed by atoms with Crippen LogP contribution in [0.2, 0.25) is 0 Å². The molecule has 2 N–H and O–H groups in total. The summed E-state index contributed by atoms with van der Waals surface area (Å²) in [5, 5.41) is 31.5. The van der Waals surface area contributed by atoms with Crippen LogP contribution in [0, 0.1) is 17.8 Å². The summed E-state index contributed by atoms with van der Waals surface area (Å²) in [5.41, 5.74) is 0. The molecule has 0 rings (SSSR count). The van der Waals surface area contributed by atoms with Crippen molar-refractivity contribution in [2.24, 2.45) is 17.8 Å². The molecule has 0 spiro atoms. The first-order valence-electron chi connectivity index (χ1n) is 17.7. The average Bonchev–Trinajstić information content (AvgIpc) is 2.96. The molecule has 0 saturated carbocycles. The molecular weight excluding hydrogens is 530 g/mol. The highest BCUT2D eigenvalue weighted by Crippen LogP contribution is 2.25. The van der Waals surface area contributed by atoms with Gasteiger partial charge < -0.3 is 24.6 Å². The second-order valence-electron chi connectivity index (χ2n) is 12.9. The van der Waals surface area contributed by atoms with Gasteiger partial charge in [0.25, 0.3) is 0 Å². The van der Waals surface area contributed by atoms with Crippen LogP contribution in [0.5, 0.6) is 0 Å². The molecule has 0 amide bonds. The molecule has 0 aliphatic carbocycles. The van der Waals surface area contributed by atoms with Crippen molar-refractivity contribution >= 4 is 17.9 Å². The van der Waals surface area contributed by atoms with Gasteiger partial charge in [0.2, 0.25) is 0 Å². The van der Waals surface area contributed by atoms with E-state index in [4.69, 9.17) is 0 Å². The molecule has 0 aliphatic heterocycles. The van der Waals surface area contributed by atoms with E-state index in [1.165, 1.54) is 96.3 Å². The number of hydrogen-bond donors (Lipinski definition) is 2. The summed E-state index contributed by atoms with van der Waals surface area (Å²) in [5.74, 6) is -4.93.